The van der Waals surface area contributed by atoms with Gasteiger partial charge in [0.25, 0.3) is 0 Å². The molecule has 0 fully saturated rings. The van der Waals surface area contributed by atoms with E-state index in [2.05, 4.69) is 30.5 Å². The number of halogens is 2. The number of imidazole rings is 1. The Hall–Kier alpha value is -1.58. The van der Waals surface area contributed by atoms with Crippen LogP contribution in [0, 0.1) is 13.8 Å². The highest BCUT2D eigenvalue weighted by molar-refractivity contribution is 6.31. The van der Waals surface area contributed by atoms with Crippen LogP contribution < -0.4 is 0 Å². The highest BCUT2D eigenvalue weighted by Crippen LogP contribution is 2.27. The van der Waals surface area contributed by atoms with E-state index in [4.69, 9.17) is 33.2 Å². The van der Waals surface area contributed by atoms with Crippen molar-refractivity contribution in [2.24, 2.45) is 0 Å². The molecule has 3 aromatic rings. The SMILES string of the molecule is CCc1nc2c(C)cc(C)nc2n1-c1ccc(CCCl)c(Cl)c1. The summed E-state index contributed by atoms with van der Waals surface area (Å²) < 4.78 is 2.10. The number of hydrogen-bond donors (Lipinski definition) is 0. The monoisotopic (exact) mass is 347 g/mol. The lowest BCUT2D eigenvalue weighted by Crippen LogP contribution is -2.02. The Morgan fingerprint density at radius 3 is 2.57 bits per heavy atom. The molecule has 3 nitrogen and oxygen atoms in total. The van der Waals surface area contributed by atoms with E-state index < -0.39 is 0 Å². The topological polar surface area (TPSA) is 30.7 Å². The van der Waals surface area contributed by atoms with E-state index in [-0.39, 0.29) is 0 Å². The average Bonchev–Trinajstić information content (AvgIpc) is 2.88. The lowest BCUT2D eigenvalue weighted by molar-refractivity contribution is 0.899. The van der Waals surface area contributed by atoms with Crippen LogP contribution in [0.4, 0.5) is 0 Å². The molecule has 23 heavy (non-hydrogen) atoms. The van der Waals surface area contributed by atoms with Gasteiger partial charge in [0.2, 0.25) is 0 Å². The molecule has 2 heterocycles. The summed E-state index contributed by atoms with van der Waals surface area (Å²) in [6, 6.07) is 8.14. The summed E-state index contributed by atoms with van der Waals surface area (Å²) in [7, 11) is 0. The van der Waals surface area contributed by atoms with Crippen molar-refractivity contribution >= 4 is 34.4 Å². The van der Waals surface area contributed by atoms with Crippen LogP contribution in [0.25, 0.3) is 16.9 Å². The Labute approximate surface area is 146 Å². The third-order valence-corrected chi connectivity index (χ3v) is 4.52. The number of benzene rings is 1. The van der Waals surface area contributed by atoms with Crippen LogP contribution >= 0.6 is 23.2 Å². The van der Waals surface area contributed by atoms with Gasteiger partial charge >= 0.3 is 0 Å². The van der Waals surface area contributed by atoms with Crippen LogP contribution in [0.3, 0.4) is 0 Å². The Bertz CT molecular complexity index is 868. The van der Waals surface area contributed by atoms with Crippen LogP contribution in [0.1, 0.15) is 29.6 Å². The van der Waals surface area contributed by atoms with Crippen molar-refractivity contribution in [1.82, 2.24) is 14.5 Å². The molecule has 0 unspecified atom stereocenters. The van der Waals surface area contributed by atoms with Gasteiger partial charge < -0.3 is 0 Å². The predicted molar refractivity (Wildman–Crippen MR) is 97.2 cm³/mol. The molecule has 0 aliphatic carbocycles. The molecule has 0 amide bonds. The zero-order valence-electron chi connectivity index (χ0n) is 13.5. The largest absolute Gasteiger partial charge is 0.281 e. The minimum absolute atomic E-state index is 0.563. The molecule has 0 bridgehead atoms. The molecule has 0 saturated carbocycles. The number of rotatable bonds is 4. The molecule has 1 aromatic carbocycles. The molecule has 0 aliphatic heterocycles. The second-order valence-corrected chi connectivity index (χ2v) is 6.47. The van der Waals surface area contributed by atoms with Gasteiger partial charge in [0.1, 0.15) is 11.3 Å². The molecule has 0 spiro atoms. The van der Waals surface area contributed by atoms with E-state index in [0.29, 0.717) is 5.88 Å². The first-order valence-corrected chi connectivity index (χ1v) is 8.66. The quantitative estimate of drug-likeness (QED) is 0.619. The number of aromatic nitrogens is 3. The van der Waals surface area contributed by atoms with Crippen LogP contribution in [-0.4, -0.2) is 20.4 Å². The number of hydrogen-bond acceptors (Lipinski definition) is 2. The maximum Gasteiger partial charge on any atom is 0.165 e. The molecule has 3 rings (SSSR count). The molecular weight excluding hydrogens is 329 g/mol. The summed E-state index contributed by atoms with van der Waals surface area (Å²) >= 11 is 12.2. The summed E-state index contributed by atoms with van der Waals surface area (Å²) in [6.07, 6.45) is 1.60. The van der Waals surface area contributed by atoms with Gasteiger partial charge in [-0.1, -0.05) is 24.6 Å². The fourth-order valence-electron chi connectivity index (χ4n) is 2.89. The van der Waals surface area contributed by atoms with Gasteiger partial charge in [0, 0.05) is 23.0 Å². The molecule has 0 N–H and O–H groups in total. The predicted octanol–water partition coefficient (Wildman–Crippen LogP) is 5.03. The van der Waals surface area contributed by atoms with Gasteiger partial charge in [-0.15, -0.1) is 11.6 Å². The highest BCUT2D eigenvalue weighted by atomic mass is 35.5. The van der Waals surface area contributed by atoms with E-state index >= 15 is 0 Å². The number of pyridine rings is 1. The minimum atomic E-state index is 0.563. The molecule has 0 aliphatic rings. The molecule has 0 radical (unpaired) electrons. The standard InChI is InChI=1S/C18H19Cl2N3/c1-4-16-22-17-11(2)9-12(3)21-18(17)23(16)14-6-5-13(7-8-19)15(20)10-14/h5-6,9-10H,4,7-8H2,1-3H3. The van der Waals surface area contributed by atoms with Crippen molar-refractivity contribution in [2.75, 3.05) is 5.88 Å². The van der Waals surface area contributed by atoms with Crippen molar-refractivity contribution in [3.05, 3.63) is 51.9 Å². The number of nitrogens with zero attached hydrogens (tertiary/aromatic N) is 3. The summed E-state index contributed by atoms with van der Waals surface area (Å²) in [5.74, 6) is 1.55. The van der Waals surface area contributed by atoms with E-state index in [1.54, 1.807) is 0 Å². The van der Waals surface area contributed by atoms with Crippen molar-refractivity contribution in [2.45, 2.75) is 33.6 Å². The van der Waals surface area contributed by atoms with Crippen LogP contribution in [0.15, 0.2) is 24.3 Å². The van der Waals surface area contributed by atoms with Crippen LogP contribution in [-0.2, 0) is 12.8 Å². The first kappa shape index (κ1) is 16.3. The second-order valence-electron chi connectivity index (χ2n) is 5.68. The normalized spacial score (nSPS) is 11.3. The summed E-state index contributed by atoms with van der Waals surface area (Å²) in [5, 5.41) is 0.733. The number of aryl methyl sites for hydroxylation is 4. The van der Waals surface area contributed by atoms with Crippen molar-refractivity contribution < 1.29 is 0 Å². The van der Waals surface area contributed by atoms with Gasteiger partial charge in [0.05, 0.1) is 5.69 Å². The fraction of sp³-hybridized carbons (Fsp3) is 0.333. The smallest absolute Gasteiger partial charge is 0.165 e. The van der Waals surface area contributed by atoms with Crippen molar-refractivity contribution in [3.63, 3.8) is 0 Å². The van der Waals surface area contributed by atoms with Crippen molar-refractivity contribution in [3.8, 4) is 5.69 Å². The first-order valence-electron chi connectivity index (χ1n) is 7.75. The number of alkyl halides is 1. The minimum Gasteiger partial charge on any atom is -0.281 e. The Morgan fingerprint density at radius 1 is 1.13 bits per heavy atom. The second kappa shape index (κ2) is 6.50. The Morgan fingerprint density at radius 2 is 1.91 bits per heavy atom. The van der Waals surface area contributed by atoms with Crippen molar-refractivity contribution in [1.29, 1.82) is 0 Å². The third-order valence-electron chi connectivity index (χ3n) is 3.98. The van der Waals surface area contributed by atoms with Gasteiger partial charge in [0.15, 0.2) is 5.65 Å². The zero-order chi connectivity index (χ0) is 16.6. The van der Waals surface area contributed by atoms with E-state index in [1.807, 2.05) is 19.1 Å². The first-order chi connectivity index (χ1) is 11.0. The molecular formula is C18H19Cl2N3. The Balaban J connectivity index is 2.24. The fourth-order valence-corrected chi connectivity index (χ4v) is 3.37. The van der Waals surface area contributed by atoms with Gasteiger partial charge in [-0.3, -0.25) is 4.57 Å². The lowest BCUT2D eigenvalue weighted by Gasteiger charge is -2.10. The van der Waals surface area contributed by atoms with Crippen LogP contribution in [0.5, 0.6) is 0 Å². The van der Waals surface area contributed by atoms with Crippen LogP contribution in [0.2, 0.25) is 5.02 Å². The molecule has 5 heteroatoms. The van der Waals surface area contributed by atoms with E-state index in [1.165, 1.54) is 0 Å². The Kier molecular flexibility index (Phi) is 4.60. The number of fused-ring (bicyclic) bond motifs is 1. The lowest BCUT2D eigenvalue weighted by atomic mass is 10.1. The van der Waals surface area contributed by atoms with E-state index in [0.717, 1.165) is 57.4 Å². The zero-order valence-corrected chi connectivity index (χ0v) is 15.0. The highest BCUT2D eigenvalue weighted by Gasteiger charge is 2.15. The summed E-state index contributed by atoms with van der Waals surface area (Å²) in [5.41, 5.74) is 6.03. The summed E-state index contributed by atoms with van der Waals surface area (Å²) in [4.78, 5) is 9.48. The van der Waals surface area contributed by atoms with Gasteiger partial charge in [-0.05, 0) is 49.6 Å². The maximum absolute atomic E-state index is 6.42. The molecule has 0 atom stereocenters. The summed E-state index contributed by atoms with van der Waals surface area (Å²) in [6.45, 7) is 6.18. The van der Waals surface area contributed by atoms with Gasteiger partial charge in [-0.25, -0.2) is 9.97 Å². The van der Waals surface area contributed by atoms with Gasteiger partial charge in [-0.2, -0.15) is 0 Å². The molecule has 0 saturated heterocycles. The maximum atomic E-state index is 6.42. The van der Waals surface area contributed by atoms with E-state index in [9.17, 15) is 0 Å². The molecule has 2 aromatic heterocycles. The molecule has 120 valence electrons. The third kappa shape index (κ3) is 2.96. The average molecular weight is 348 g/mol.